The summed E-state index contributed by atoms with van der Waals surface area (Å²) >= 11 is 0. The van der Waals surface area contributed by atoms with Crippen LogP contribution in [0.5, 0.6) is 0 Å². The van der Waals surface area contributed by atoms with E-state index in [4.69, 9.17) is 9.16 Å². The van der Waals surface area contributed by atoms with E-state index in [1.54, 1.807) is 4.90 Å². The van der Waals surface area contributed by atoms with Crippen LogP contribution in [0.25, 0.3) is 0 Å². The van der Waals surface area contributed by atoms with Crippen molar-refractivity contribution in [1.82, 2.24) is 10.2 Å². The summed E-state index contributed by atoms with van der Waals surface area (Å²) in [7, 11) is -2.83. The summed E-state index contributed by atoms with van der Waals surface area (Å²) in [6.45, 7) is 8.92. The molecule has 6 nitrogen and oxygen atoms in total. The molecule has 2 heterocycles. The van der Waals surface area contributed by atoms with Crippen molar-refractivity contribution in [3.05, 3.63) is 96.6 Å². The van der Waals surface area contributed by atoms with E-state index >= 15 is 0 Å². The second-order valence-electron chi connectivity index (χ2n) is 10.9. The molecule has 0 saturated carbocycles. The van der Waals surface area contributed by atoms with Crippen molar-refractivity contribution in [3.63, 3.8) is 0 Å². The summed E-state index contributed by atoms with van der Waals surface area (Å²) in [6.07, 6.45) is -0.810. The Kier molecular flexibility index (Phi) is 6.68. The van der Waals surface area contributed by atoms with Gasteiger partial charge in [0.25, 0.3) is 8.32 Å². The Bertz CT molecular complexity index is 1210. The van der Waals surface area contributed by atoms with Crippen LogP contribution in [0.4, 0.5) is 4.79 Å². The van der Waals surface area contributed by atoms with Crippen LogP contribution in [0, 0.1) is 0 Å². The standard InChI is InChI=1S/C30H34N2O4Si/c1-21(26-27(28(33)31-26)32-25(20-35-29(32)34)22-14-8-5-9-15-22)36-37(30(2,3)4,23-16-10-6-11-17-23)24-18-12-7-13-19-24/h5-19,21,25-27H,20H2,1-4H3,(H,31,33)/t21-,25+,26+,27+/m0/s1. The number of amides is 2. The fourth-order valence-corrected chi connectivity index (χ4v) is 10.5. The molecule has 0 aromatic heterocycles. The molecular formula is C30H34N2O4Si. The number of rotatable bonds is 7. The Labute approximate surface area is 219 Å². The molecule has 0 aliphatic carbocycles. The van der Waals surface area contributed by atoms with Gasteiger partial charge in [-0.3, -0.25) is 9.69 Å². The number of nitrogens with zero attached hydrogens (tertiary/aromatic N) is 1. The Morgan fingerprint density at radius 3 is 1.89 bits per heavy atom. The Hall–Kier alpha value is -3.42. The third-order valence-corrected chi connectivity index (χ3v) is 12.7. The van der Waals surface area contributed by atoms with E-state index in [9.17, 15) is 9.59 Å². The Balaban J connectivity index is 1.51. The molecule has 2 saturated heterocycles. The summed E-state index contributed by atoms with van der Waals surface area (Å²) in [5.41, 5.74) is 0.951. The first-order chi connectivity index (χ1) is 17.7. The SMILES string of the molecule is C[C@H](O[Si](c1ccccc1)(c1ccccc1)C(C)(C)C)[C@H]1NC(=O)[C@@H]1N1C(=O)OC[C@@H]1c1ccccc1. The quantitative estimate of drug-likeness (QED) is 0.382. The molecule has 2 aliphatic heterocycles. The summed E-state index contributed by atoms with van der Waals surface area (Å²) in [6, 6.07) is 29.3. The van der Waals surface area contributed by atoms with E-state index in [1.165, 1.54) is 10.4 Å². The number of β-lactam (4-membered cyclic amide) rings is 1. The average Bonchev–Trinajstić information content (AvgIpc) is 3.26. The van der Waals surface area contributed by atoms with Crippen molar-refractivity contribution in [3.8, 4) is 0 Å². The van der Waals surface area contributed by atoms with Crippen molar-refractivity contribution < 1.29 is 18.8 Å². The van der Waals surface area contributed by atoms with Crippen LogP contribution in [-0.2, 0) is 14.0 Å². The van der Waals surface area contributed by atoms with Crippen molar-refractivity contribution in [1.29, 1.82) is 0 Å². The minimum atomic E-state index is -2.83. The molecule has 0 unspecified atom stereocenters. The summed E-state index contributed by atoms with van der Waals surface area (Å²) in [4.78, 5) is 27.4. The first-order valence-electron chi connectivity index (χ1n) is 12.8. The summed E-state index contributed by atoms with van der Waals surface area (Å²) < 4.78 is 12.7. The predicted molar refractivity (Wildman–Crippen MR) is 146 cm³/mol. The second kappa shape index (κ2) is 9.80. The fraction of sp³-hybridized carbons (Fsp3) is 0.333. The maximum absolute atomic E-state index is 13.0. The fourth-order valence-electron chi connectivity index (χ4n) is 5.78. The van der Waals surface area contributed by atoms with Gasteiger partial charge in [-0.1, -0.05) is 112 Å². The zero-order valence-corrected chi connectivity index (χ0v) is 22.8. The van der Waals surface area contributed by atoms with Gasteiger partial charge in [-0.25, -0.2) is 4.79 Å². The highest BCUT2D eigenvalue weighted by atomic mass is 28.4. The molecular weight excluding hydrogens is 480 g/mol. The lowest BCUT2D eigenvalue weighted by Crippen LogP contribution is -2.76. The monoisotopic (exact) mass is 514 g/mol. The largest absolute Gasteiger partial charge is 0.447 e. The van der Waals surface area contributed by atoms with E-state index in [1.807, 2.05) is 49.4 Å². The minimum Gasteiger partial charge on any atom is -0.447 e. The summed E-state index contributed by atoms with van der Waals surface area (Å²) in [5, 5.41) is 5.19. The van der Waals surface area contributed by atoms with E-state index < -0.39 is 20.5 Å². The Morgan fingerprint density at radius 2 is 1.41 bits per heavy atom. The normalized spacial score (nSPS) is 22.7. The molecule has 5 rings (SSSR count). The number of hydrogen-bond acceptors (Lipinski definition) is 4. The highest BCUT2D eigenvalue weighted by molar-refractivity contribution is 6.99. The van der Waals surface area contributed by atoms with Crippen LogP contribution in [0.2, 0.25) is 5.04 Å². The molecule has 0 bridgehead atoms. The van der Waals surface area contributed by atoms with Crippen LogP contribution < -0.4 is 15.7 Å². The van der Waals surface area contributed by atoms with Crippen molar-refractivity contribution in [2.45, 2.75) is 57.0 Å². The van der Waals surface area contributed by atoms with Gasteiger partial charge in [0.15, 0.2) is 0 Å². The highest BCUT2D eigenvalue weighted by Gasteiger charge is 2.57. The zero-order chi connectivity index (χ0) is 26.2. The molecule has 3 aromatic rings. The average molecular weight is 515 g/mol. The molecule has 0 spiro atoms. The van der Waals surface area contributed by atoms with Gasteiger partial charge in [0.05, 0.1) is 18.2 Å². The number of benzene rings is 3. The van der Waals surface area contributed by atoms with Crippen molar-refractivity contribution >= 4 is 30.7 Å². The van der Waals surface area contributed by atoms with Gasteiger partial charge in [-0.2, -0.15) is 0 Å². The third-order valence-electron chi connectivity index (χ3n) is 7.60. The van der Waals surface area contributed by atoms with Crippen LogP contribution in [0.15, 0.2) is 91.0 Å². The number of nitrogens with one attached hydrogen (secondary N) is 1. The maximum Gasteiger partial charge on any atom is 0.411 e. The predicted octanol–water partition coefficient (Wildman–Crippen LogP) is 4.01. The van der Waals surface area contributed by atoms with Crippen molar-refractivity contribution in [2.24, 2.45) is 0 Å². The van der Waals surface area contributed by atoms with E-state index in [2.05, 4.69) is 74.6 Å². The number of ether oxygens (including phenoxy) is 1. The van der Waals surface area contributed by atoms with Gasteiger partial charge in [0, 0.05) is 0 Å². The topological polar surface area (TPSA) is 67.9 Å². The van der Waals surface area contributed by atoms with E-state index in [0.717, 1.165) is 5.56 Å². The first-order valence-corrected chi connectivity index (χ1v) is 14.7. The van der Waals surface area contributed by atoms with Gasteiger partial charge >= 0.3 is 6.09 Å². The lowest BCUT2D eigenvalue weighted by Gasteiger charge is -2.50. The molecule has 0 radical (unpaired) electrons. The zero-order valence-electron chi connectivity index (χ0n) is 21.8. The third kappa shape index (κ3) is 4.36. The van der Waals surface area contributed by atoms with Crippen LogP contribution in [0.3, 0.4) is 0 Å². The van der Waals surface area contributed by atoms with Crippen LogP contribution in [0.1, 0.15) is 39.3 Å². The first kappa shape index (κ1) is 25.2. The molecule has 2 amide bonds. The minimum absolute atomic E-state index is 0.178. The molecule has 4 atom stereocenters. The van der Waals surface area contributed by atoms with Gasteiger partial charge in [0.1, 0.15) is 12.6 Å². The molecule has 2 aliphatic rings. The molecule has 37 heavy (non-hydrogen) atoms. The van der Waals surface area contributed by atoms with Crippen molar-refractivity contribution in [2.75, 3.05) is 6.61 Å². The van der Waals surface area contributed by atoms with E-state index in [-0.39, 0.29) is 35.7 Å². The van der Waals surface area contributed by atoms with Crippen LogP contribution >= 0.6 is 0 Å². The molecule has 1 N–H and O–H groups in total. The van der Waals surface area contributed by atoms with Crippen LogP contribution in [-0.4, -0.2) is 50.0 Å². The molecule has 3 aromatic carbocycles. The Morgan fingerprint density at radius 1 is 0.892 bits per heavy atom. The van der Waals surface area contributed by atoms with Gasteiger partial charge in [0.2, 0.25) is 5.91 Å². The second-order valence-corrected chi connectivity index (χ2v) is 15.1. The van der Waals surface area contributed by atoms with Gasteiger partial charge in [-0.15, -0.1) is 0 Å². The number of carbonyl (C=O) groups excluding carboxylic acids is 2. The number of hydrogen-bond donors (Lipinski definition) is 1. The number of cyclic esters (lactones) is 1. The molecule has 192 valence electrons. The lowest BCUT2D eigenvalue weighted by molar-refractivity contribution is -0.139. The van der Waals surface area contributed by atoms with E-state index in [0.29, 0.717) is 0 Å². The highest BCUT2D eigenvalue weighted by Crippen LogP contribution is 2.40. The maximum atomic E-state index is 13.0. The van der Waals surface area contributed by atoms with Gasteiger partial charge in [-0.05, 0) is 27.9 Å². The van der Waals surface area contributed by atoms with Gasteiger partial charge < -0.3 is 14.5 Å². The lowest BCUT2D eigenvalue weighted by atomic mass is 9.91. The molecule has 7 heteroatoms. The summed E-state index contributed by atoms with van der Waals surface area (Å²) in [5.74, 6) is -0.178. The number of carbonyl (C=O) groups is 2. The smallest absolute Gasteiger partial charge is 0.411 e. The molecule has 2 fully saturated rings.